The van der Waals surface area contributed by atoms with Crippen LogP contribution in [0.1, 0.15) is 20.3 Å². The number of ether oxygens (including phenoxy) is 2. The van der Waals surface area contributed by atoms with E-state index in [0.29, 0.717) is 9.85 Å². The Balaban J connectivity index is 2.12. The molecule has 0 aromatic carbocycles. The van der Waals surface area contributed by atoms with Gasteiger partial charge in [0.25, 0.3) is 0 Å². The SMILES string of the molecule is C=CCC1[CH]([Sn]([CH3])([CH3])[CH3])C12OCC(C)(C)CO2. The molecule has 0 N–H and O–H groups in total. The summed E-state index contributed by atoms with van der Waals surface area (Å²) in [6.07, 6.45) is 3.07. The van der Waals surface area contributed by atoms with Crippen molar-refractivity contribution in [1.82, 2.24) is 0 Å². The van der Waals surface area contributed by atoms with E-state index in [1.807, 2.05) is 6.08 Å². The van der Waals surface area contributed by atoms with Gasteiger partial charge in [0.15, 0.2) is 0 Å². The standard InChI is InChI=1S/C11H17O2.3CH3.Sn/c1-4-5-9-6-11(9)12-7-10(2,3)8-13-11;;;;/h4,6,9H,1,5,7-8H2,2-3H3;3*1H3;. The zero-order valence-electron chi connectivity index (χ0n) is 11.9. The zero-order valence-corrected chi connectivity index (χ0v) is 14.7. The Bertz CT molecular complexity index is 307. The molecule has 1 spiro atoms. The van der Waals surface area contributed by atoms with E-state index in [4.69, 9.17) is 9.47 Å². The molecule has 1 heterocycles. The van der Waals surface area contributed by atoms with Crippen molar-refractivity contribution in [3.05, 3.63) is 12.7 Å². The van der Waals surface area contributed by atoms with Crippen molar-refractivity contribution in [3.8, 4) is 0 Å². The third-order valence-corrected chi connectivity index (χ3v) is 11.6. The molecule has 2 fully saturated rings. The van der Waals surface area contributed by atoms with E-state index in [1.54, 1.807) is 0 Å². The summed E-state index contributed by atoms with van der Waals surface area (Å²) < 4.78 is 13.1. The first kappa shape index (κ1) is 13.9. The third-order valence-electron chi connectivity index (χ3n) is 3.97. The Morgan fingerprint density at radius 3 is 2.18 bits per heavy atom. The Hall–Kier alpha value is 0.459. The van der Waals surface area contributed by atoms with E-state index < -0.39 is 18.4 Å². The summed E-state index contributed by atoms with van der Waals surface area (Å²) in [5.74, 6) is 0.352. The van der Waals surface area contributed by atoms with E-state index in [2.05, 4.69) is 35.2 Å². The first-order chi connectivity index (χ1) is 7.73. The van der Waals surface area contributed by atoms with Crippen LogP contribution < -0.4 is 0 Å². The van der Waals surface area contributed by atoms with Crippen molar-refractivity contribution >= 4 is 18.4 Å². The number of rotatable bonds is 3. The van der Waals surface area contributed by atoms with E-state index in [-0.39, 0.29) is 11.2 Å². The summed E-state index contributed by atoms with van der Waals surface area (Å²) in [6, 6.07) is 0. The quantitative estimate of drug-likeness (QED) is 0.574. The molecule has 2 aliphatic rings. The maximum atomic E-state index is 6.18. The molecule has 0 aromatic rings. The van der Waals surface area contributed by atoms with Crippen LogP contribution in [0.2, 0.25) is 18.8 Å². The third kappa shape index (κ3) is 2.45. The molecule has 3 heteroatoms. The van der Waals surface area contributed by atoms with Crippen LogP contribution in [0.25, 0.3) is 0 Å². The van der Waals surface area contributed by atoms with E-state index in [0.717, 1.165) is 19.6 Å². The number of hydrogen-bond donors (Lipinski definition) is 0. The van der Waals surface area contributed by atoms with Crippen LogP contribution in [0.3, 0.4) is 0 Å². The number of allylic oxidation sites excluding steroid dienone is 1. The van der Waals surface area contributed by atoms with Crippen molar-refractivity contribution in [2.75, 3.05) is 13.2 Å². The van der Waals surface area contributed by atoms with Gasteiger partial charge in [-0.05, 0) is 0 Å². The van der Waals surface area contributed by atoms with Crippen molar-refractivity contribution in [1.29, 1.82) is 0 Å². The van der Waals surface area contributed by atoms with Crippen LogP contribution >= 0.6 is 0 Å². The van der Waals surface area contributed by atoms with Crippen LogP contribution in [-0.2, 0) is 9.47 Å². The van der Waals surface area contributed by atoms with Gasteiger partial charge in [-0.2, -0.15) is 0 Å². The zero-order chi connectivity index (χ0) is 12.9. The van der Waals surface area contributed by atoms with Crippen LogP contribution in [0.5, 0.6) is 0 Å². The summed E-state index contributed by atoms with van der Waals surface area (Å²) in [5.41, 5.74) is 0.171. The van der Waals surface area contributed by atoms with E-state index in [9.17, 15) is 0 Å². The van der Waals surface area contributed by atoms with Crippen molar-refractivity contribution in [3.63, 3.8) is 0 Å². The van der Waals surface area contributed by atoms with Crippen molar-refractivity contribution < 1.29 is 9.47 Å². The van der Waals surface area contributed by atoms with Gasteiger partial charge in [0.05, 0.1) is 0 Å². The summed E-state index contributed by atoms with van der Waals surface area (Å²) in [5, 5.41) is 0. The minimum absolute atomic E-state index is 0.171. The molecule has 2 nitrogen and oxygen atoms in total. The molecule has 1 saturated carbocycles. The minimum atomic E-state index is -1.97. The molecule has 0 radical (unpaired) electrons. The van der Waals surface area contributed by atoms with Gasteiger partial charge >= 0.3 is 110 Å². The predicted molar refractivity (Wildman–Crippen MR) is 73.8 cm³/mol. The average molecular weight is 345 g/mol. The Morgan fingerprint density at radius 1 is 1.24 bits per heavy atom. The maximum absolute atomic E-state index is 6.18. The molecule has 2 rings (SSSR count). The predicted octanol–water partition coefficient (Wildman–Crippen LogP) is 3.67. The Morgan fingerprint density at radius 2 is 1.76 bits per heavy atom. The molecule has 98 valence electrons. The average Bonchev–Trinajstić information content (AvgIpc) is 2.80. The second-order valence-electron chi connectivity index (χ2n) is 7.44. The molecule has 1 saturated heterocycles. The molecule has 1 aliphatic heterocycles. The fraction of sp³-hybridized carbons (Fsp3) is 0.857. The fourth-order valence-electron chi connectivity index (χ4n) is 3.19. The van der Waals surface area contributed by atoms with Crippen molar-refractivity contribution in [2.24, 2.45) is 11.3 Å². The van der Waals surface area contributed by atoms with E-state index >= 15 is 0 Å². The van der Waals surface area contributed by atoms with E-state index in [1.165, 1.54) is 0 Å². The normalized spacial score (nSPS) is 34.6. The van der Waals surface area contributed by atoms with Gasteiger partial charge in [-0.15, -0.1) is 0 Å². The first-order valence-electron chi connectivity index (χ1n) is 6.62. The molecule has 0 amide bonds. The monoisotopic (exact) mass is 346 g/mol. The van der Waals surface area contributed by atoms with Gasteiger partial charge < -0.3 is 0 Å². The van der Waals surface area contributed by atoms with Crippen molar-refractivity contribution in [2.45, 2.75) is 44.8 Å². The second-order valence-corrected chi connectivity index (χ2v) is 22.7. The summed E-state index contributed by atoms with van der Waals surface area (Å²) in [7, 11) is 0. The van der Waals surface area contributed by atoms with Gasteiger partial charge in [0.1, 0.15) is 0 Å². The first-order valence-corrected chi connectivity index (χ1v) is 16.8. The van der Waals surface area contributed by atoms with Gasteiger partial charge in [-0.1, -0.05) is 0 Å². The van der Waals surface area contributed by atoms with Gasteiger partial charge in [0.2, 0.25) is 0 Å². The number of hydrogen-bond acceptors (Lipinski definition) is 2. The summed E-state index contributed by atoms with van der Waals surface area (Å²) >= 11 is -1.97. The molecule has 0 aromatic heterocycles. The Kier molecular flexibility index (Phi) is 3.46. The second kappa shape index (κ2) is 4.24. The molecule has 2 unspecified atom stereocenters. The van der Waals surface area contributed by atoms with Gasteiger partial charge in [0, 0.05) is 0 Å². The van der Waals surface area contributed by atoms with Crippen LogP contribution in [0.15, 0.2) is 12.7 Å². The van der Waals surface area contributed by atoms with Gasteiger partial charge in [-0.3, -0.25) is 0 Å². The molecule has 2 atom stereocenters. The summed E-state index contributed by atoms with van der Waals surface area (Å²) in [4.78, 5) is 7.45. The van der Waals surface area contributed by atoms with Gasteiger partial charge in [-0.25, -0.2) is 0 Å². The molecule has 0 bridgehead atoms. The molecule has 1 aliphatic carbocycles. The molecular formula is C14H26O2Sn. The fourth-order valence-corrected chi connectivity index (χ4v) is 11.9. The summed E-state index contributed by atoms with van der Waals surface area (Å²) in [6.45, 7) is 9.96. The topological polar surface area (TPSA) is 18.5 Å². The van der Waals surface area contributed by atoms with Crippen LogP contribution in [0.4, 0.5) is 0 Å². The Labute approximate surface area is 110 Å². The molecule has 17 heavy (non-hydrogen) atoms. The molecular weight excluding hydrogens is 319 g/mol. The van der Waals surface area contributed by atoms with Crippen LogP contribution in [0, 0.1) is 11.3 Å². The van der Waals surface area contributed by atoms with Crippen LogP contribution in [-0.4, -0.2) is 37.4 Å².